The van der Waals surface area contributed by atoms with Crippen LogP contribution in [0.15, 0.2) is 18.2 Å². The van der Waals surface area contributed by atoms with Gasteiger partial charge in [-0.1, -0.05) is 6.07 Å². The van der Waals surface area contributed by atoms with Crippen molar-refractivity contribution in [2.45, 2.75) is 26.2 Å². The van der Waals surface area contributed by atoms with Gasteiger partial charge in [-0.25, -0.2) is 0 Å². The third kappa shape index (κ3) is 5.27. The second kappa shape index (κ2) is 8.92. The molecule has 0 aromatic heterocycles. The molecule has 0 spiro atoms. The Morgan fingerprint density at radius 1 is 1.14 bits per heavy atom. The fourth-order valence-corrected chi connectivity index (χ4v) is 2.14. The van der Waals surface area contributed by atoms with Gasteiger partial charge in [0, 0.05) is 19.5 Å². The quantitative estimate of drug-likeness (QED) is 0.754. The number of benzene rings is 1. The second-order valence-electron chi connectivity index (χ2n) is 4.81. The molecule has 0 saturated carbocycles. The molecule has 0 aliphatic carbocycles. The van der Waals surface area contributed by atoms with Crippen LogP contribution in [0.4, 0.5) is 0 Å². The first-order chi connectivity index (χ1) is 10.5. The third-order valence-corrected chi connectivity index (χ3v) is 3.41. The highest BCUT2D eigenvalue weighted by atomic mass is 16.5. The molecule has 0 bridgehead atoms. The minimum absolute atomic E-state index is 0.0318. The Kier molecular flexibility index (Phi) is 7.22. The summed E-state index contributed by atoms with van der Waals surface area (Å²) in [4.78, 5) is 24.3. The summed E-state index contributed by atoms with van der Waals surface area (Å²) in [6, 6.07) is 5.54. The zero-order chi connectivity index (χ0) is 16.5. The Balaban J connectivity index is 2.60. The van der Waals surface area contributed by atoms with Crippen LogP contribution in [0.2, 0.25) is 0 Å². The number of rotatable bonds is 9. The number of ether oxygens (including phenoxy) is 2. The first kappa shape index (κ1) is 17.8. The molecule has 0 saturated heterocycles. The molecule has 0 atom stereocenters. The van der Waals surface area contributed by atoms with Crippen LogP contribution >= 0.6 is 0 Å². The van der Waals surface area contributed by atoms with Gasteiger partial charge in [-0.3, -0.25) is 9.59 Å². The molecule has 1 rings (SSSR count). The number of methoxy groups -OCH3 is 2. The molecule has 0 aliphatic rings. The smallest absolute Gasteiger partial charge is 0.305 e. The number of nitrogens with zero attached hydrogens (tertiary/aromatic N) is 1. The number of carbonyl (C=O) groups excluding carboxylic acids is 1. The Morgan fingerprint density at radius 2 is 1.82 bits per heavy atom. The minimum atomic E-state index is -0.897. The summed E-state index contributed by atoms with van der Waals surface area (Å²) < 4.78 is 10.4. The summed E-state index contributed by atoms with van der Waals surface area (Å²) in [6.07, 6.45) is 0.877. The van der Waals surface area contributed by atoms with Gasteiger partial charge in [0.25, 0.3) is 0 Å². The number of carboxylic acid groups (broad SMARTS) is 1. The number of carbonyl (C=O) groups is 2. The van der Waals surface area contributed by atoms with Gasteiger partial charge < -0.3 is 19.5 Å². The normalized spacial score (nSPS) is 10.1. The Labute approximate surface area is 130 Å². The van der Waals surface area contributed by atoms with Gasteiger partial charge in [0.05, 0.1) is 20.6 Å². The molecular weight excluding hydrogens is 286 g/mol. The topological polar surface area (TPSA) is 76.1 Å². The molecule has 1 N–H and O–H groups in total. The Hall–Kier alpha value is -2.24. The molecular formula is C16H23NO5. The van der Waals surface area contributed by atoms with E-state index < -0.39 is 5.97 Å². The number of hydrogen-bond donors (Lipinski definition) is 1. The molecule has 0 unspecified atom stereocenters. The molecule has 122 valence electrons. The lowest BCUT2D eigenvalue weighted by Crippen LogP contribution is -2.32. The zero-order valence-corrected chi connectivity index (χ0v) is 13.3. The Morgan fingerprint density at radius 3 is 2.36 bits per heavy atom. The van der Waals surface area contributed by atoms with E-state index in [1.54, 1.807) is 25.2 Å². The van der Waals surface area contributed by atoms with Crippen LogP contribution in [0.25, 0.3) is 0 Å². The molecule has 6 nitrogen and oxygen atoms in total. The summed E-state index contributed by atoms with van der Waals surface area (Å²) in [5, 5.41) is 8.69. The van der Waals surface area contributed by atoms with E-state index in [4.69, 9.17) is 14.6 Å². The van der Waals surface area contributed by atoms with Crippen molar-refractivity contribution in [2.24, 2.45) is 0 Å². The van der Waals surface area contributed by atoms with E-state index in [9.17, 15) is 9.59 Å². The molecule has 0 fully saturated rings. The van der Waals surface area contributed by atoms with Crippen LogP contribution in [-0.4, -0.2) is 49.2 Å². The van der Waals surface area contributed by atoms with E-state index in [-0.39, 0.29) is 18.9 Å². The SMILES string of the molecule is CCN(CCC(=O)O)C(=O)CCc1ccc(OC)c(OC)c1. The van der Waals surface area contributed by atoms with Gasteiger partial charge >= 0.3 is 5.97 Å². The van der Waals surface area contributed by atoms with Crippen molar-refractivity contribution < 1.29 is 24.2 Å². The van der Waals surface area contributed by atoms with E-state index in [0.29, 0.717) is 30.9 Å². The largest absolute Gasteiger partial charge is 0.493 e. The Bertz CT molecular complexity index is 515. The molecule has 1 aromatic rings. The second-order valence-corrected chi connectivity index (χ2v) is 4.81. The maximum absolute atomic E-state index is 12.1. The number of carboxylic acids is 1. The van der Waals surface area contributed by atoms with Gasteiger partial charge in [0.2, 0.25) is 5.91 Å². The number of amides is 1. The standard InChI is InChI=1S/C16H23NO5/c1-4-17(10-9-16(19)20)15(18)8-6-12-5-7-13(21-2)14(11-12)22-3/h5,7,11H,4,6,8-10H2,1-3H3,(H,19,20). The van der Waals surface area contributed by atoms with Crippen molar-refractivity contribution >= 4 is 11.9 Å². The van der Waals surface area contributed by atoms with E-state index in [1.807, 2.05) is 19.1 Å². The van der Waals surface area contributed by atoms with E-state index in [2.05, 4.69) is 0 Å². The van der Waals surface area contributed by atoms with Crippen LogP contribution in [0.5, 0.6) is 11.5 Å². The minimum Gasteiger partial charge on any atom is -0.493 e. The first-order valence-corrected chi connectivity index (χ1v) is 7.22. The van der Waals surface area contributed by atoms with E-state index in [1.165, 1.54) is 0 Å². The van der Waals surface area contributed by atoms with Crippen molar-refractivity contribution in [2.75, 3.05) is 27.3 Å². The predicted molar refractivity (Wildman–Crippen MR) is 82.4 cm³/mol. The van der Waals surface area contributed by atoms with Crippen LogP contribution in [0.3, 0.4) is 0 Å². The lowest BCUT2D eigenvalue weighted by molar-refractivity contribution is -0.138. The average molecular weight is 309 g/mol. The van der Waals surface area contributed by atoms with Crippen LogP contribution in [-0.2, 0) is 16.0 Å². The lowest BCUT2D eigenvalue weighted by atomic mass is 10.1. The summed E-state index contributed by atoms with van der Waals surface area (Å²) >= 11 is 0. The van der Waals surface area contributed by atoms with Crippen LogP contribution in [0, 0.1) is 0 Å². The summed E-state index contributed by atoms with van der Waals surface area (Å²) in [7, 11) is 3.14. The van der Waals surface area contributed by atoms with Crippen molar-refractivity contribution in [3.63, 3.8) is 0 Å². The maximum atomic E-state index is 12.1. The fraction of sp³-hybridized carbons (Fsp3) is 0.500. The average Bonchev–Trinajstić information content (AvgIpc) is 2.52. The number of aliphatic carboxylic acids is 1. The summed E-state index contributed by atoms with van der Waals surface area (Å²) in [6.45, 7) is 2.60. The monoisotopic (exact) mass is 309 g/mol. The van der Waals surface area contributed by atoms with Crippen LogP contribution < -0.4 is 9.47 Å². The summed E-state index contributed by atoms with van der Waals surface area (Å²) in [5.41, 5.74) is 0.972. The van der Waals surface area contributed by atoms with Gasteiger partial charge in [-0.2, -0.15) is 0 Å². The first-order valence-electron chi connectivity index (χ1n) is 7.22. The van der Waals surface area contributed by atoms with E-state index >= 15 is 0 Å². The van der Waals surface area contributed by atoms with Gasteiger partial charge in [0.15, 0.2) is 11.5 Å². The van der Waals surface area contributed by atoms with Gasteiger partial charge in [-0.05, 0) is 31.0 Å². The van der Waals surface area contributed by atoms with Crippen molar-refractivity contribution in [1.29, 1.82) is 0 Å². The zero-order valence-electron chi connectivity index (χ0n) is 13.3. The maximum Gasteiger partial charge on any atom is 0.305 e. The molecule has 22 heavy (non-hydrogen) atoms. The lowest BCUT2D eigenvalue weighted by Gasteiger charge is -2.20. The molecule has 6 heteroatoms. The molecule has 0 radical (unpaired) electrons. The predicted octanol–water partition coefficient (Wildman–Crippen LogP) is 1.96. The van der Waals surface area contributed by atoms with Gasteiger partial charge in [-0.15, -0.1) is 0 Å². The highest BCUT2D eigenvalue weighted by Gasteiger charge is 2.13. The molecule has 1 amide bonds. The van der Waals surface area contributed by atoms with Crippen molar-refractivity contribution in [1.82, 2.24) is 4.90 Å². The number of aryl methyl sites for hydroxylation is 1. The highest BCUT2D eigenvalue weighted by Crippen LogP contribution is 2.28. The van der Waals surface area contributed by atoms with Crippen molar-refractivity contribution in [3.8, 4) is 11.5 Å². The number of hydrogen-bond acceptors (Lipinski definition) is 4. The fourth-order valence-electron chi connectivity index (χ4n) is 2.14. The van der Waals surface area contributed by atoms with E-state index in [0.717, 1.165) is 5.56 Å². The molecule has 0 heterocycles. The highest BCUT2D eigenvalue weighted by molar-refractivity contribution is 5.77. The van der Waals surface area contributed by atoms with Gasteiger partial charge in [0.1, 0.15) is 0 Å². The summed E-state index contributed by atoms with van der Waals surface area (Å²) in [5.74, 6) is 0.338. The molecule has 0 aliphatic heterocycles. The van der Waals surface area contributed by atoms with Crippen molar-refractivity contribution in [3.05, 3.63) is 23.8 Å². The third-order valence-electron chi connectivity index (χ3n) is 3.41. The van der Waals surface area contributed by atoms with Crippen LogP contribution in [0.1, 0.15) is 25.3 Å². The molecule has 1 aromatic carbocycles.